The molecule has 7 heteroatoms. The van der Waals surface area contributed by atoms with Gasteiger partial charge in [-0.2, -0.15) is 9.61 Å². The first-order valence-corrected chi connectivity index (χ1v) is 7.96. The van der Waals surface area contributed by atoms with Gasteiger partial charge in [0, 0.05) is 31.6 Å². The molecule has 110 valence electrons. The largest absolute Gasteiger partial charge is 0.314 e. The molecular weight excluding hydrogens is 272 g/mol. The summed E-state index contributed by atoms with van der Waals surface area (Å²) in [6.45, 7) is 12.9. The topological polar surface area (TPSA) is 58.4 Å². The molecule has 1 atom stereocenters. The van der Waals surface area contributed by atoms with Crippen LogP contribution in [0.1, 0.15) is 44.6 Å². The minimum Gasteiger partial charge on any atom is -0.314 e. The molecule has 2 aromatic rings. The van der Waals surface area contributed by atoms with E-state index in [4.69, 9.17) is 5.10 Å². The lowest BCUT2D eigenvalue weighted by Crippen LogP contribution is -2.44. The van der Waals surface area contributed by atoms with Crippen molar-refractivity contribution in [3.8, 4) is 0 Å². The van der Waals surface area contributed by atoms with Gasteiger partial charge in [0.2, 0.25) is 4.96 Å². The van der Waals surface area contributed by atoms with E-state index in [9.17, 15) is 0 Å². The fourth-order valence-electron chi connectivity index (χ4n) is 2.49. The van der Waals surface area contributed by atoms with Crippen LogP contribution in [0.15, 0.2) is 0 Å². The van der Waals surface area contributed by atoms with Crippen LogP contribution in [0.2, 0.25) is 0 Å². The van der Waals surface area contributed by atoms with Gasteiger partial charge in [0.15, 0.2) is 5.82 Å². The molecule has 0 amide bonds. The zero-order chi connectivity index (χ0) is 14.3. The summed E-state index contributed by atoms with van der Waals surface area (Å²) in [6.07, 6.45) is 0. The number of hydrogen-bond donors (Lipinski definition) is 1. The second-order valence-corrected chi connectivity index (χ2v) is 7.36. The maximum Gasteiger partial charge on any atom is 0.234 e. The standard InChI is InChI=1S/C13H22N6S/c1-9(18-7-5-14-6-8-18)10-17-19-11(13(2,3)4)15-16-12(19)20-10/h9,14H,5-8H2,1-4H3. The normalized spacial score (nSPS) is 19.6. The molecule has 1 fully saturated rings. The molecule has 2 aromatic heterocycles. The molecule has 1 saturated heterocycles. The van der Waals surface area contributed by atoms with E-state index in [0.29, 0.717) is 6.04 Å². The fourth-order valence-corrected chi connectivity index (χ4v) is 3.42. The predicted molar refractivity (Wildman–Crippen MR) is 80.2 cm³/mol. The highest BCUT2D eigenvalue weighted by molar-refractivity contribution is 7.16. The monoisotopic (exact) mass is 294 g/mol. The first-order chi connectivity index (χ1) is 9.47. The maximum atomic E-state index is 4.76. The average molecular weight is 294 g/mol. The van der Waals surface area contributed by atoms with Gasteiger partial charge in [0.05, 0.1) is 6.04 Å². The molecule has 0 saturated carbocycles. The maximum absolute atomic E-state index is 4.76. The van der Waals surface area contributed by atoms with Gasteiger partial charge in [-0.05, 0) is 6.92 Å². The Kier molecular flexibility index (Phi) is 3.51. The number of aromatic nitrogens is 4. The number of piperazine rings is 1. The van der Waals surface area contributed by atoms with Crippen LogP contribution < -0.4 is 5.32 Å². The number of nitrogens with one attached hydrogen (secondary N) is 1. The molecule has 0 bridgehead atoms. The third kappa shape index (κ3) is 2.45. The Morgan fingerprint density at radius 2 is 1.90 bits per heavy atom. The zero-order valence-electron chi connectivity index (χ0n) is 12.6. The Hall–Kier alpha value is -1.05. The zero-order valence-corrected chi connectivity index (χ0v) is 13.4. The van der Waals surface area contributed by atoms with E-state index in [1.807, 2.05) is 4.52 Å². The molecule has 0 aromatic carbocycles. The summed E-state index contributed by atoms with van der Waals surface area (Å²) in [4.78, 5) is 3.37. The summed E-state index contributed by atoms with van der Waals surface area (Å²) in [6, 6.07) is 0.344. The number of fused-ring (bicyclic) bond motifs is 1. The van der Waals surface area contributed by atoms with Crippen molar-refractivity contribution in [2.75, 3.05) is 26.2 Å². The predicted octanol–water partition coefficient (Wildman–Crippen LogP) is 1.45. The van der Waals surface area contributed by atoms with E-state index in [2.05, 4.69) is 48.1 Å². The van der Waals surface area contributed by atoms with Crippen LogP contribution in [0.3, 0.4) is 0 Å². The smallest absolute Gasteiger partial charge is 0.234 e. The van der Waals surface area contributed by atoms with E-state index < -0.39 is 0 Å². The molecule has 1 aliphatic rings. The molecule has 1 unspecified atom stereocenters. The Morgan fingerprint density at radius 1 is 1.20 bits per heavy atom. The van der Waals surface area contributed by atoms with E-state index >= 15 is 0 Å². The minimum absolute atomic E-state index is 0.0386. The summed E-state index contributed by atoms with van der Waals surface area (Å²) in [5.74, 6) is 0.933. The molecule has 6 nitrogen and oxygen atoms in total. The van der Waals surface area contributed by atoms with Crippen LogP contribution in [0.5, 0.6) is 0 Å². The summed E-state index contributed by atoms with van der Waals surface area (Å²) in [5.41, 5.74) is -0.0386. The number of hydrogen-bond acceptors (Lipinski definition) is 6. The molecule has 0 radical (unpaired) electrons. The van der Waals surface area contributed by atoms with Gasteiger partial charge in [-0.1, -0.05) is 32.1 Å². The van der Waals surface area contributed by atoms with Crippen LogP contribution in [-0.4, -0.2) is 50.9 Å². The highest BCUT2D eigenvalue weighted by atomic mass is 32.1. The summed E-state index contributed by atoms with van der Waals surface area (Å²) in [5, 5.41) is 17.8. The third-order valence-corrected chi connectivity index (χ3v) is 4.80. The third-order valence-electron chi connectivity index (χ3n) is 3.73. The van der Waals surface area contributed by atoms with Gasteiger partial charge < -0.3 is 5.32 Å². The van der Waals surface area contributed by atoms with Crippen molar-refractivity contribution in [1.82, 2.24) is 30.0 Å². The summed E-state index contributed by atoms with van der Waals surface area (Å²) < 4.78 is 1.92. The molecule has 20 heavy (non-hydrogen) atoms. The molecule has 0 spiro atoms. The van der Waals surface area contributed by atoms with Crippen molar-refractivity contribution in [3.63, 3.8) is 0 Å². The number of rotatable bonds is 2. The van der Waals surface area contributed by atoms with Gasteiger partial charge in [-0.25, -0.2) is 0 Å². The lowest BCUT2D eigenvalue weighted by atomic mass is 9.96. The quantitative estimate of drug-likeness (QED) is 0.908. The molecule has 1 aliphatic heterocycles. The Bertz CT molecular complexity index is 590. The molecule has 1 N–H and O–H groups in total. The average Bonchev–Trinajstić information content (AvgIpc) is 2.97. The highest BCUT2D eigenvalue weighted by Gasteiger charge is 2.26. The van der Waals surface area contributed by atoms with Crippen molar-refractivity contribution >= 4 is 16.3 Å². The lowest BCUT2D eigenvalue weighted by Gasteiger charge is -2.31. The Balaban J connectivity index is 1.91. The van der Waals surface area contributed by atoms with Gasteiger partial charge in [-0.3, -0.25) is 4.90 Å². The van der Waals surface area contributed by atoms with Crippen molar-refractivity contribution < 1.29 is 0 Å². The van der Waals surface area contributed by atoms with Gasteiger partial charge in [0.1, 0.15) is 5.01 Å². The SMILES string of the molecule is CC(c1nn2c(C(C)(C)C)nnc2s1)N1CCNCC1. The van der Waals surface area contributed by atoms with E-state index in [-0.39, 0.29) is 5.41 Å². The molecular formula is C13H22N6S. The van der Waals surface area contributed by atoms with Gasteiger partial charge >= 0.3 is 0 Å². The van der Waals surface area contributed by atoms with Crippen LogP contribution in [0.25, 0.3) is 4.96 Å². The highest BCUT2D eigenvalue weighted by Crippen LogP contribution is 2.28. The van der Waals surface area contributed by atoms with Crippen molar-refractivity contribution in [2.45, 2.75) is 39.2 Å². The van der Waals surface area contributed by atoms with E-state index in [1.54, 1.807) is 11.3 Å². The molecule has 3 rings (SSSR count). The lowest BCUT2D eigenvalue weighted by molar-refractivity contribution is 0.184. The molecule has 0 aliphatic carbocycles. The van der Waals surface area contributed by atoms with Crippen molar-refractivity contribution in [1.29, 1.82) is 0 Å². The number of nitrogens with zero attached hydrogens (tertiary/aromatic N) is 5. The van der Waals surface area contributed by atoms with Gasteiger partial charge in [0.25, 0.3) is 0 Å². The first kappa shape index (κ1) is 13.9. The van der Waals surface area contributed by atoms with E-state index in [0.717, 1.165) is 42.0 Å². The minimum atomic E-state index is -0.0386. The van der Waals surface area contributed by atoms with Crippen LogP contribution in [-0.2, 0) is 5.41 Å². The van der Waals surface area contributed by atoms with Crippen molar-refractivity contribution in [2.24, 2.45) is 0 Å². The van der Waals surface area contributed by atoms with Gasteiger partial charge in [-0.15, -0.1) is 10.2 Å². The molecule has 3 heterocycles. The second kappa shape index (κ2) is 5.05. The summed E-state index contributed by atoms with van der Waals surface area (Å²) >= 11 is 1.65. The van der Waals surface area contributed by atoms with Crippen molar-refractivity contribution in [3.05, 3.63) is 10.8 Å². The second-order valence-electron chi connectivity index (χ2n) is 6.37. The Morgan fingerprint density at radius 3 is 2.55 bits per heavy atom. The Labute approximate surface area is 123 Å². The van der Waals surface area contributed by atoms with Crippen LogP contribution in [0, 0.1) is 0 Å². The van der Waals surface area contributed by atoms with Crippen LogP contribution >= 0.6 is 11.3 Å². The summed E-state index contributed by atoms with van der Waals surface area (Å²) in [7, 11) is 0. The van der Waals surface area contributed by atoms with E-state index in [1.165, 1.54) is 0 Å². The van der Waals surface area contributed by atoms with Crippen LogP contribution in [0.4, 0.5) is 0 Å². The first-order valence-electron chi connectivity index (χ1n) is 7.14. The fraction of sp³-hybridized carbons (Fsp3) is 0.769.